The molecule has 2 aliphatic heterocycles. The molecule has 3 atom stereocenters. The van der Waals surface area contributed by atoms with Gasteiger partial charge in [-0.3, -0.25) is 19.2 Å². The van der Waals surface area contributed by atoms with Crippen LogP contribution in [-0.4, -0.2) is 63.8 Å². The van der Waals surface area contributed by atoms with E-state index in [4.69, 9.17) is 9.72 Å². The van der Waals surface area contributed by atoms with Crippen LogP contribution in [0.4, 0.5) is 4.39 Å². The van der Waals surface area contributed by atoms with Crippen LogP contribution in [0.1, 0.15) is 62.0 Å². The van der Waals surface area contributed by atoms with E-state index in [2.05, 4.69) is 58.1 Å². The molecule has 3 aromatic rings. The second-order valence-electron chi connectivity index (χ2n) is 11.4. The van der Waals surface area contributed by atoms with Crippen LogP contribution in [0.25, 0.3) is 10.9 Å². The molecular formula is C29H35FN4O. The predicted octanol–water partition coefficient (Wildman–Crippen LogP) is 5.26. The molecule has 0 amide bonds. The van der Waals surface area contributed by atoms with Gasteiger partial charge < -0.3 is 9.72 Å². The van der Waals surface area contributed by atoms with Crippen molar-refractivity contribution in [3.63, 3.8) is 0 Å². The van der Waals surface area contributed by atoms with Crippen LogP contribution in [0, 0.1) is 5.92 Å². The molecule has 5 aliphatic rings. The number of halogens is 1. The summed E-state index contributed by atoms with van der Waals surface area (Å²) in [6, 6.07) is 13.6. The maximum Gasteiger partial charge on any atom is 0.138 e. The first-order valence-electron chi connectivity index (χ1n) is 13.4. The summed E-state index contributed by atoms with van der Waals surface area (Å²) in [5, 5.41) is 1.36. The van der Waals surface area contributed by atoms with Crippen molar-refractivity contribution in [3.05, 3.63) is 59.5 Å². The molecule has 1 N–H and O–H groups in total. The first-order chi connectivity index (χ1) is 17.1. The Hall–Kier alpha value is -2.44. The Morgan fingerprint density at radius 1 is 1.17 bits per heavy atom. The lowest BCUT2D eigenvalue weighted by Crippen LogP contribution is -2.71. The van der Waals surface area contributed by atoms with E-state index < -0.39 is 0 Å². The molecule has 0 spiro atoms. The number of nitrogens with zero attached hydrogens (tertiary/aromatic N) is 3. The molecule has 5 nitrogen and oxygen atoms in total. The van der Waals surface area contributed by atoms with Crippen molar-refractivity contribution in [3.8, 4) is 5.75 Å². The molecule has 2 aromatic heterocycles. The molecule has 184 valence electrons. The van der Waals surface area contributed by atoms with Gasteiger partial charge in [-0.25, -0.2) is 0 Å². The van der Waals surface area contributed by atoms with Crippen molar-refractivity contribution in [1.82, 2.24) is 19.8 Å². The number of hydrogen-bond acceptors (Lipinski definition) is 4. The van der Waals surface area contributed by atoms with Gasteiger partial charge in [0.05, 0.1) is 24.6 Å². The quantitative estimate of drug-likeness (QED) is 0.507. The van der Waals surface area contributed by atoms with Crippen molar-refractivity contribution in [2.24, 2.45) is 5.92 Å². The van der Waals surface area contributed by atoms with Crippen molar-refractivity contribution in [1.29, 1.82) is 0 Å². The molecule has 6 heteroatoms. The van der Waals surface area contributed by atoms with Crippen LogP contribution in [-0.2, 0) is 6.42 Å². The fourth-order valence-corrected chi connectivity index (χ4v) is 7.44. The average molecular weight is 475 g/mol. The lowest BCUT2D eigenvalue weighted by molar-refractivity contribution is -0.174. The lowest BCUT2D eigenvalue weighted by Gasteiger charge is -2.69. The van der Waals surface area contributed by atoms with Crippen LogP contribution in [0.5, 0.6) is 5.75 Å². The second kappa shape index (κ2) is 8.31. The Labute approximate surface area is 206 Å². The second-order valence-corrected chi connectivity index (χ2v) is 11.4. The third-order valence-corrected chi connectivity index (χ3v) is 9.11. The smallest absolute Gasteiger partial charge is 0.138 e. The summed E-state index contributed by atoms with van der Waals surface area (Å²) >= 11 is 0. The first kappa shape index (κ1) is 21.8. The van der Waals surface area contributed by atoms with E-state index in [1.807, 2.05) is 6.20 Å². The molecular weight excluding hydrogens is 439 g/mol. The number of fused-ring (bicyclic) bond motifs is 3. The Morgan fingerprint density at radius 2 is 2.03 bits per heavy atom. The predicted molar refractivity (Wildman–Crippen MR) is 136 cm³/mol. The Balaban J connectivity index is 1.18. The largest absolute Gasteiger partial charge is 0.487 e. The van der Waals surface area contributed by atoms with Gasteiger partial charge in [0, 0.05) is 47.8 Å². The third kappa shape index (κ3) is 3.52. The number of para-hydroxylation sites is 1. The van der Waals surface area contributed by atoms with Gasteiger partial charge in [0.25, 0.3) is 0 Å². The molecule has 4 heterocycles. The monoisotopic (exact) mass is 474 g/mol. The zero-order chi connectivity index (χ0) is 23.6. The SMILES string of the molecule is C[C@@H]1Cc2c([nH]c3ccccc23)[C@@H](c2ccc(O[C@@H]3CCN(CCCF)C3)cn2)N1C12CC(C1)C2. The van der Waals surface area contributed by atoms with Gasteiger partial charge in [0.1, 0.15) is 11.9 Å². The molecule has 8 rings (SSSR count). The van der Waals surface area contributed by atoms with E-state index >= 15 is 0 Å². The Bertz CT molecular complexity index is 1210. The van der Waals surface area contributed by atoms with E-state index in [-0.39, 0.29) is 18.8 Å². The normalized spacial score (nSPS) is 32.3. The number of pyridine rings is 1. The van der Waals surface area contributed by atoms with Crippen LogP contribution in [0.2, 0.25) is 0 Å². The van der Waals surface area contributed by atoms with Gasteiger partial charge in [-0.1, -0.05) is 18.2 Å². The fourth-order valence-electron chi connectivity index (χ4n) is 7.44. The minimum Gasteiger partial charge on any atom is -0.487 e. The third-order valence-electron chi connectivity index (χ3n) is 9.11. The number of ether oxygens (including phenoxy) is 1. The van der Waals surface area contributed by atoms with E-state index in [0.717, 1.165) is 49.8 Å². The van der Waals surface area contributed by atoms with Crippen LogP contribution in [0.3, 0.4) is 0 Å². The summed E-state index contributed by atoms with van der Waals surface area (Å²) in [7, 11) is 0. The molecule has 4 fully saturated rings. The summed E-state index contributed by atoms with van der Waals surface area (Å²) in [6.07, 6.45) is 8.78. The Kier molecular flexibility index (Phi) is 5.18. The lowest BCUT2D eigenvalue weighted by atomic mass is 9.48. The Morgan fingerprint density at radius 3 is 2.77 bits per heavy atom. The van der Waals surface area contributed by atoms with Gasteiger partial charge >= 0.3 is 0 Å². The number of aromatic amines is 1. The topological polar surface area (TPSA) is 44.4 Å². The van der Waals surface area contributed by atoms with Crippen molar-refractivity contribution >= 4 is 10.9 Å². The summed E-state index contributed by atoms with van der Waals surface area (Å²) < 4.78 is 18.8. The number of aromatic nitrogens is 2. The molecule has 3 aliphatic carbocycles. The van der Waals surface area contributed by atoms with Crippen molar-refractivity contribution < 1.29 is 9.13 Å². The maximum absolute atomic E-state index is 12.5. The molecule has 3 saturated carbocycles. The molecule has 35 heavy (non-hydrogen) atoms. The van der Waals surface area contributed by atoms with Gasteiger partial charge in [-0.05, 0) is 75.1 Å². The molecule has 1 aromatic carbocycles. The summed E-state index contributed by atoms with van der Waals surface area (Å²) in [6.45, 7) is 4.84. The minimum absolute atomic E-state index is 0.152. The molecule has 0 radical (unpaired) electrons. The van der Waals surface area contributed by atoms with E-state index in [9.17, 15) is 4.39 Å². The van der Waals surface area contributed by atoms with E-state index in [1.54, 1.807) is 0 Å². The van der Waals surface area contributed by atoms with Gasteiger partial charge in [0.15, 0.2) is 0 Å². The number of alkyl halides is 1. The highest BCUT2D eigenvalue weighted by Crippen LogP contribution is 2.64. The highest BCUT2D eigenvalue weighted by molar-refractivity contribution is 5.85. The van der Waals surface area contributed by atoms with Crippen LogP contribution < -0.4 is 4.74 Å². The molecule has 2 bridgehead atoms. The summed E-state index contributed by atoms with van der Waals surface area (Å²) in [5.74, 6) is 1.77. The minimum atomic E-state index is -0.246. The van der Waals surface area contributed by atoms with Gasteiger partial charge in [-0.2, -0.15) is 0 Å². The van der Waals surface area contributed by atoms with Crippen LogP contribution >= 0.6 is 0 Å². The van der Waals surface area contributed by atoms with Gasteiger partial charge in [-0.15, -0.1) is 0 Å². The number of hydrogen-bond donors (Lipinski definition) is 1. The van der Waals surface area contributed by atoms with E-state index in [1.165, 1.54) is 41.4 Å². The van der Waals surface area contributed by atoms with Crippen LogP contribution in [0.15, 0.2) is 42.6 Å². The van der Waals surface area contributed by atoms with Crippen molar-refractivity contribution in [2.45, 2.75) is 69.2 Å². The summed E-state index contributed by atoms with van der Waals surface area (Å²) in [5.41, 5.74) is 5.48. The average Bonchev–Trinajstić information content (AvgIpc) is 3.41. The summed E-state index contributed by atoms with van der Waals surface area (Å²) in [4.78, 5) is 13.9. The number of benzene rings is 1. The first-order valence-corrected chi connectivity index (χ1v) is 13.4. The highest BCUT2D eigenvalue weighted by Gasteiger charge is 2.63. The van der Waals surface area contributed by atoms with Crippen molar-refractivity contribution in [2.75, 3.05) is 26.3 Å². The molecule has 0 unspecified atom stereocenters. The standard InChI is InChI=1S/C29H35FN4O/c1-19-13-24-23-5-2-3-6-25(23)32-27(24)28(34(19)29-14-20(15-29)16-29)26-8-7-21(17-31-26)35-22-9-12-33(18-22)11-4-10-30/h2-3,5-8,17,19-20,22,28,32H,4,9-16,18H2,1H3/t19-,20?,22-,28-,29?/m1/s1. The number of rotatable bonds is 7. The highest BCUT2D eigenvalue weighted by atomic mass is 19.1. The number of likely N-dealkylation sites (tertiary alicyclic amines) is 1. The molecule has 1 saturated heterocycles. The zero-order valence-corrected chi connectivity index (χ0v) is 20.5. The van der Waals surface area contributed by atoms with Gasteiger partial charge in [0.2, 0.25) is 0 Å². The van der Waals surface area contributed by atoms with E-state index in [0.29, 0.717) is 18.0 Å². The fraction of sp³-hybridized carbons (Fsp3) is 0.552. The zero-order valence-electron chi connectivity index (χ0n) is 20.5. The maximum atomic E-state index is 12.5. The number of nitrogens with one attached hydrogen (secondary N) is 1. The number of H-pyrrole nitrogens is 1.